The van der Waals surface area contributed by atoms with Crippen molar-refractivity contribution in [2.24, 2.45) is 0 Å². The first kappa shape index (κ1) is 16.8. The monoisotopic (exact) mass is 337 g/mol. The van der Waals surface area contributed by atoms with Gasteiger partial charge in [-0.05, 0) is 26.2 Å². The molecule has 0 radical (unpaired) electrons. The summed E-state index contributed by atoms with van der Waals surface area (Å²) in [5.41, 5.74) is 0. The molecular weight excluding hydrogens is 310 g/mol. The van der Waals surface area contributed by atoms with Gasteiger partial charge in [0.1, 0.15) is 5.82 Å². The number of amides is 1. The van der Waals surface area contributed by atoms with E-state index in [0.29, 0.717) is 6.42 Å². The maximum Gasteiger partial charge on any atom is 0.223 e. The Morgan fingerprint density at radius 1 is 1.22 bits per heavy atom. The Morgan fingerprint density at radius 2 is 2.04 bits per heavy atom. The fourth-order valence-electron chi connectivity index (χ4n) is 3.60. The second kappa shape index (κ2) is 8.15. The van der Waals surface area contributed by atoms with Gasteiger partial charge in [0.05, 0.1) is 0 Å². The van der Waals surface area contributed by atoms with Crippen LogP contribution >= 0.6 is 11.8 Å². The van der Waals surface area contributed by atoms with Crippen LogP contribution in [0.3, 0.4) is 0 Å². The fourth-order valence-corrected chi connectivity index (χ4v) is 4.37. The van der Waals surface area contributed by atoms with Gasteiger partial charge < -0.3 is 4.90 Å². The normalized spacial score (nSPS) is 20.8. The molecule has 0 aromatic carbocycles. The Balaban J connectivity index is 1.40. The van der Waals surface area contributed by atoms with Crippen molar-refractivity contribution in [2.75, 3.05) is 31.9 Å². The first-order valence-electron chi connectivity index (χ1n) is 8.76. The molecular formula is C16H27N5OS. The summed E-state index contributed by atoms with van der Waals surface area (Å²) in [6.45, 7) is 5.88. The lowest BCUT2D eigenvalue weighted by molar-refractivity contribution is -0.130. The summed E-state index contributed by atoms with van der Waals surface area (Å²) in [6, 6.07) is 0.773. The zero-order chi connectivity index (χ0) is 16.1. The summed E-state index contributed by atoms with van der Waals surface area (Å²) in [4.78, 5) is 21.3. The Kier molecular flexibility index (Phi) is 5.94. The minimum Gasteiger partial charge on any atom is -0.341 e. The van der Waals surface area contributed by atoms with Gasteiger partial charge in [-0.2, -0.15) is 0 Å². The van der Waals surface area contributed by atoms with E-state index in [1.165, 1.54) is 25.7 Å². The molecule has 1 aliphatic carbocycles. The number of hydrogen-bond donors (Lipinski definition) is 1. The molecule has 0 spiro atoms. The van der Waals surface area contributed by atoms with Crippen molar-refractivity contribution in [1.82, 2.24) is 25.0 Å². The zero-order valence-electron chi connectivity index (χ0n) is 14.0. The first-order chi connectivity index (χ1) is 11.2. The molecule has 1 amide bonds. The van der Waals surface area contributed by atoms with Crippen LogP contribution in [0.15, 0.2) is 5.16 Å². The molecule has 1 aromatic rings. The first-order valence-corrected chi connectivity index (χ1v) is 9.74. The van der Waals surface area contributed by atoms with Gasteiger partial charge in [-0.15, -0.1) is 5.10 Å². The lowest BCUT2D eigenvalue weighted by Gasteiger charge is -2.27. The Labute approximate surface area is 142 Å². The SMILES string of the molecule is Cc1nc(SCCC(=O)N2CCCN(C3CCCC3)CC2)n[nH]1. The molecule has 2 aliphatic rings. The van der Waals surface area contributed by atoms with Gasteiger partial charge >= 0.3 is 0 Å². The molecule has 6 nitrogen and oxygen atoms in total. The highest BCUT2D eigenvalue weighted by molar-refractivity contribution is 7.99. The maximum atomic E-state index is 12.4. The van der Waals surface area contributed by atoms with E-state index >= 15 is 0 Å². The van der Waals surface area contributed by atoms with Gasteiger partial charge in [-0.1, -0.05) is 24.6 Å². The topological polar surface area (TPSA) is 65.1 Å². The van der Waals surface area contributed by atoms with Gasteiger partial charge in [-0.25, -0.2) is 4.98 Å². The van der Waals surface area contributed by atoms with E-state index in [-0.39, 0.29) is 5.91 Å². The van der Waals surface area contributed by atoms with Crippen LogP contribution in [0.5, 0.6) is 0 Å². The van der Waals surface area contributed by atoms with Gasteiger partial charge in [0.2, 0.25) is 11.1 Å². The van der Waals surface area contributed by atoms with E-state index in [9.17, 15) is 4.79 Å². The number of carbonyl (C=O) groups is 1. The van der Waals surface area contributed by atoms with E-state index in [1.54, 1.807) is 11.8 Å². The van der Waals surface area contributed by atoms with Crippen LogP contribution in [0.2, 0.25) is 0 Å². The Bertz CT molecular complexity index is 514. The van der Waals surface area contributed by atoms with Crippen molar-refractivity contribution >= 4 is 17.7 Å². The van der Waals surface area contributed by atoms with Crippen LogP contribution in [0.25, 0.3) is 0 Å². The van der Waals surface area contributed by atoms with Crippen LogP contribution in [0.4, 0.5) is 0 Å². The van der Waals surface area contributed by atoms with Crippen LogP contribution in [0, 0.1) is 6.92 Å². The van der Waals surface area contributed by atoms with Crippen molar-refractivity contribution in [3.63, 3.8) is 0 Å². The molecule has 1 aromatic heterocycles. The molecule has 0 unspecified atom stereocenters. The van der Waals surface area contributed by atoms with Crippen LogP contribution in [-0.2, 0) is 4.79 Å². The van der Waals surface area contributed by atoms with E-state index in [0.717, 1.165) is 55.4 Å². The zero-order valence-corrected chi connectivity index (χ0v) is 14.8. The number of aryl methyl sites for hydroxylation is 1. The molecule has 1 aliphatic heterocycles. The number of rotatable bonds is 5. The van der Waals surface area contributed by atoms with Gasteiger partial charge in [-0.3, -0.25) is 14.8 Å². The van der Waals surface area contributed by atoms with Crippen molar-refractivity contribution < 1.29 is 4.79 Å². The number of aromatic amines is 1. The van der Waals surface area contributed by atoms with Crippen molar-refractivity contribution in [1.29, 1.82) is 0 Å². The third-order valence-corrected chi connectivity index (χ3v) is 5.70. The molecule has 3 rings (SSSR count). The molecule has 128 valence electrons. The summed E-state index contributed by atoms with van der Waals surface area (Å²) in [5.74, 6) is 1.84. The molecule has 2 heterocycles. The third-order valence-electron chi connectivity index (χ3n) is 4.85. The summed E-state index contributed by atoms with van der Waals surface area (Å²) in [5, 5.41) is 7.65. The average molecular weight is 337 g/mol. The predicted molar refractivity (Wildman–Crippen MR) is 91.5 cm³/mol. The van der Waals surface area contributed by atoms with Crippen LogP contribution in [-0.4, -0.2) is 68.9 Å². The van der Waals surface area contributed by atoms with Gasteiger partial charge in [0.15, 0.2) is 0 Å². The van der Waals surface area contributed by atoms with E-state index < -0.39 is 0 Å². The van der Waals surface area contributed by atoms with Crippen molar-refractivity contribution in [3.8, 4) is 0 Å². The Morgan fingerprint density at radius 3 is 2.78 bits per heavy atom. The van der Waals surface area contributed by atoms with Gasteiger partial charge in [0.25, 0.3) is 0 Å². The smallest absolute Gasteiger partial charge is 0.223 e. The summed E-state index contributed by atoms with van der Waals surface area (Å²) >= 11 is 1.55. The number of nitrogens with zero attached hydrogens (tertiary/aromatic N) is 4. The number of nitrogens with one attached hydrogen (secondary N) is 1. The highest BCUT2D eigenvalue weighted by Gasteiger charge is 2.25. The van der Waals surface area contributed by atoms with Crippen molar-refractivity contribution in [2.45, 2.75) is 56.6 Å². The van der Waals surface area contributed by atoms with E-state index in [1.807, 2.05) is 6.92 Å². The summed E-state index contributed by atoms with van der Waals surface area (Å²) in [6.07, 6.45) is 7.13. The summed E-state index contributed by atoms with van der Waals surface area (Å²) in [7, 11) is 0. The highest BCUT2D eigenvalue weighted by atomic mass is 32.2. The molecule has 7 heteroatoms. The van der Waals surface area contributed by atoms with Crippen LogP contribution in [0.1, 0.15) is 44.3 Å². The second-order valence-electron chi connectivity index (χ2n) is 6.51. The fraction of sp³-hybridized carbons (Fsp3) is 0.812. The molecule has 1 N–H and O–H groups in total. The number of hydrogen-bond acceptors (Lipinski definition) is 5. The predicted octanol–water partition coefficient (Wildman–Crippen LogP) is 2.07. The number of carbonyl (C=O) groups excluding carboxylic acids is 1. The third kappa shape index (κ3) is 4.70. The highest BCUT2D eigenvalue weighted by Crippen LogP contribution is 2.24. The lowest BCUT2D eigenvalue weighted by atomic mass is 10.2. The molecule has 2 fully saturated rings. The molecule has 0 atom stereocenters. The number of aromatic nitrogens is 3. The molecule has 1 saturated carbocycles. The number of H-pyrrole nitrogens is 1. The number of thioether (sulfide) groups is 1. The molecule has 1 saturated heterocycles. The van der Waals surface area contributed by atoms with E-state index in [4.69, 9.17) is 0 Å². The quantitative estimate of drug-likeness (QED) is 0.833. The molecule has 23 heavy (non-hydrogen) atoms. The Hall–Kier alpha value is -1.08. The second-order valence-corrected chi connectivity index (χ2v) is 7.57. The standard InChI is InChI=1S/C16H27N5OS/c1-13-17-16(19-18-13)23-12-7-15(22)21-9-4-8-20(10-11-21)14-5-2-3-6-14/h14H,2-12H2,1H3,(H,17,18,19). The lowest BCUT2D eigenvalue weighted by Crippen LogP contribution is -2.38. The minimum absolute atomic E-state index is 0.276. The largest absolute Gasteiger partial charge is 0.341 e. The van der Waals surface area contributed by atoms with E-state index in [2.05, 4.69) is 25.0 Å². The summed E-state index contributed by atoms with van der Waals surface area (Å²) < 4.78 is 0. The average Bonchev–Trinajstić information content (AvgIpc) is 3.14. The molecule has 0 bridgehead atoms. The van der Waals surface area contributed by atoms with Crippen molar-refractivity contribution in [3.05, 3.63) is 5.82 Å². The minimum atomic E-state index is 0.276. The maximum absolute atomic E-state index is 12.4. The van der Waals surface area contributed by atoms with Gasteiger partial charge in [0, 0.05) is 44.4 Å². The van der Waals surface area contributed by atoms with Crippen LogP contribution < -0.4 is 0 Å².